The molecule has 1 unspecified atom stereocenters. The maximum absolute atomic E-state index is 6.08. The van der Waals surface area contributed by atoms with Crippen LogP contribution in [0.1, 0.15) is 31.2 Å². The first-order valence-electron chi connectivity index (χ1n) is 5.70. The van der Waals surface area contributed by atoms with Crippen LogP contribution in [0.15, 0.2) is 24.8 Å². The van der Waals surface area contributed by atoms with Crippen molar-refractivity contribution in [2.45, 2.75) is 25.7 Å². The zero-order valence-corrected chi connectivity index (χ0v) is 11.4. The number of rotatable bonds is 6. The highest BCUT2D eigenvalue weighted by molar-refractivity contribution is 6.32. The van der Waals surface area contributed by atoms with Crippen molar-refractivity contribution in [1.82, 2.24) is 0 Å². The molecule has 2 nitrogen and oxygen atoms in total. The van der Waals surface area contributed by atoms with Crippen molar-refractivity contribution in [2.24, 2.45) is 0 Å². The Balaban J connectivity index is 3.22. The predicted molar refractivity (Wildman–Crippen MR) is 72.4 cm³/mol. The first-order valence-corrected chi connectivity index (χ1v) is 6.08. The Kier molecular flexibility index (Phi) is 5.36. The van der Waals surface area contributed by atoms with Crippen LogP contribution >= 0.6 is 11.6 Å². The number of benzene rings is 1. The van der Waals surface area contributed by atoms with Crippen molar-refractivity contribution in [1.29, 1.82) is 0 Å². The standard InChI is InChI=1S/C14H19ClO2/c1-5-7-10(6-2)11-8-14(17-4)12(15)9-13(11)16-3/h5,8-10H,1,6-7H2,2-4H3. The maximum atomic E-state index is 6.08. The largest absolute Gasteiger partial charge is 0.496 e. The van der Waals surface area contributed by atoms with Gasteiger partial charge in [-0.2, -0.15) is 0 Å². The molecule has 0 aliphatic heterocycles. The van der Waals surface area contributed by atoms with E-state index in [1.54, 1.807) is 14.2 Å². The van der Waals surface area contributed by atoms with Crippen molar-refractivity contribution in [2.75, 3.05) is 14.2 Å². The summed E-state index contributed by atoms with van der Waals surface area (Å²) in [7, 11) is 3.27. The fourth-order valence-corrected chi connectivity index (χ4v) is 2.15. The highest BCUT2D eigenvalue weighted by Crippen LogP contribution is 2.38. The predicted octanol–water partition coefficient (Wildman–Crippen LogP) is 4.43. The van der Waals surface area contributed by atoms with Gasteiger partial charge in [0.25, 0.3) is 0 Å². The van der Waals surface area contributed by atoms with E-state index in [0.29, 0.717) is 16.7 Å². The van der Waals surface area contributed by atoms with Crippen molar-refractivity contribution in [3.63, 3.8) is 0 Å². The highest BCUT2D eigenvalue weighted by Gasteiger charge is 2.16. The first kappa shape index (κ1) is 13.9. The second kappa shape index (κ2) is 6.55. The fourth-order valence-electron chi connectivity index (χ4n) is 1.92. The van der Waals surface area contributed by atoms with Crippen LogP contribution in [0.3, 0.4) is 0 Å². The van der Waals surface area contributed by atoms with E-state index in [0.717, 1.165) is 24.2 Å². The third kappa shape index (κ3) is 3.16. The van der Waals surface area contributed by atoms with Gasteiger partial charge in [-0.1, -0.05) is 24.6 Å². The molecule has 1 rings (SSSR count). The smallest absolute Gasteiger partial charge is 0.138 e. The van der Waals surface area contributed by atoms with Gasteiger partial charge in [-0.15, -0.1) is 6.58 Å². The summed E-state index contributed by atoms with van der Waals surface area (Å²) in [6.07, 6.45) is 3.86. The number of hydrogen-bond donors (Lipinski definition) is 0. The molecule has 0 spiro atoms. The SMILES string of the molecule is C=CCC(CC)c1cc(OC)c(Cl)cc1OC. The number of hydrogen-bond acceptors (Lipinski definition) is 2. The summed E-state index contributed by atoms with van der Waals surface area (Å²) in [5, 5.41) is 0.571. The number of ether oxygens (including phenoxy) is 2. The van der Waals surface area contributed by atoms with E-state index in [2.05, 4.69) is 13.5 Å². The number of allylic oxidation sites excluding steroid dienone is 1. The van der Waals surface area contributed by atoms with Crippen molar-refractivity contribution >= 4 is 11.6 Å². The first-order chi connectivity index (χ1) is 8.17. The van der Waals surface area contributed by atoms with Crippen molar-refractivity contribution in [3.05, 3.63) is 35.4 Å². The van der Waals surface area contributed by atoms with Crippen LogP contribution in [0, 0.1) is 0 Å². The third-order valence-electron chi connectivity index (χ3n) is 2.89. The molecule has 0 aromatic heterocycles. The summed E-state index contributed by atoms with van der Waals surface area (Å²) in [4.78, 5) is 0. The lowest BCUT2D eigenvalue weighted by Crippen LogP contribution is -2.01. The van der Waals surface area contributed by atoms with E-state index in [1.165, 1.54) is 0 Å². The van der Waals surface area contributed by atoms with Crippen LogP contribution in [0.25, 0.3) is 0 Å². The molecule has 17 heavy (non-hydrogen) atoms. The molecule has 0 aliphatic carbocycles. The molecule has 3 heteroatoms. The van der Waals surface area contributed by atoms with E-state index < -0.39 is 0 Å². The molecule has 1 aromatic carbocycles. The van der Waals surface area contributed by atoms with Gasteiger partial charge in [0.15, 0.2) is 0 Å². The Hall–Kier alpha value is -1.15. The molecule has 0 saturated carbocycles. The van der Waals surface area contributed by atoms with Gasteiger partial charge < -0.3 is 9.47 Å². The van der Waals surface area contributed by atoms with E-state index in [1.807, 2.05) is 18.2 Å². The molecule has 1 aromatic rings. The van der Waals surface area contributed by atoms with E-state index >= 15 is 0 Å². The Morgan fingerprint density at radius 1 is 1.29 bits per heavy atom. The monoisotopic (exact) mass is 254 g/mol. The lowest BCUT2D eigenvalue weighted by atomic mass is 9.92. The molecule has 0 saturated heterocycles. The zero-order valence-electron chi connectivity index (χ0n) is 10.6. The Morgan fingerprint density at radius 2 is 1.94 bits per heavy atom. The zero-order chi connectivity index (χ0) is 12.8. The Morgan fingerprint density at radius 3 is 2.41 bits per heavy atom. The molecule has 1 atom stereocenters. The highest BCUT2D eigenvalue weighted by atomic mass is 35.5. The van der Waals surface area contributed by atoms with Gasteiger partial charge in [0, 0.05) is 11.6 Å². The van der Waals surface area contributed by atoms with Gasteiger partial charge in [0.1, 0.15) is 11.5 Å². The molecule has 0 heterocycles. The van der Waals surface area contributed by atoms with Gasteiger partial charge in [-0.3, -0.25) is 0 Å². The molecule has 94 valence electrons. The quantitative estimate of drug-likeness (QED) is 0.700. The average molecular weight is 255 g/mol. The minimum absolute atomic E-state index is 0.383. The van der Waals surface area contributed by atoms with Gasteiger partial charge in [-0.05, 0) is 24.8 Å². The van der Waals surface area contributed by atoms with Gasteiger partial charge >= 0.3 is 0 Å². The van der Waals surface area contributed by atoms with Crippen LogP contribution < -0.4 is 9.47 Å². The van der Waals surface area contributed by atoms with E-state index in [-0.39, 0.29) is 0 Å². The molecule has 0 aliphatic rings. The Bertz CT molecular complexity index is 388. The number of halogens is 1. The Labute approximate surface area is 108 Å². The fraction of sp³-hybridized carbons (Fsp3) is 0.429. The summed E-state index contributed by atoms with van der Waals surface area (Å²) < 4.78 is 10.6. The summed E-state index contributed by atoms with van der Waals surface area (Å²) in [5.41, 5.74) is 1.12. The minimum Gasteiger partial charge on any atom is -0.496 e. The molecular formula is C14H19ClO2. The molecule has 0 bridgehead atoms. The topological polar surface area (TPSA) is 18.5 Å². The minimum atomic E-state index is 0.383. The van der Waals surface area contributed by atoms with Gasteiger partial charge in [-0.25, -0.2) is 0 Å². The van der Waals surface area contributed by atoms with Crippen LogP contribution in [-0.2, 0) is 0 Å². The third-order valence-corrected chi connectivity index (χ3v) is 3.18. The molecule has 0 radical (unpaired) electrons. The van der Waals surface area contributed by atoms with Crippen molar-refractivity contribution in [3.8, 4) is 11.5 Å². The van der Waals surface area contributed by atoms with Gasteiger partial charge in [0.2, 0.25) is 0 Å². The molecule has 0 N–H and O–H groups in total. The second-order valence-corrected chi connectivity index (χ2v) is 4.27. The second-order valence-electron chi connectivity index (χ2n) is 3.86. The van der Waals surface area contributed by atoms with Crippen molar-refractivity contribution < 1.29 is 9.47 Å². The summed E-state index contributed by atoms with van der Waals surface area (Å²) >= 11 is 6.08. The molecular weight excluding hydrogens is 236 g/mol. The van der Waals surface area contributed by atoms with Crippen LogP contribution in [0.4, 0.5) is 0 Å². The van der Waals surface area contributed by atoms with E-state index in [9.17, 15) is 0 Å². The van der Waals surface area contributed by atoms with E-state index in [4.69, 9.17) is 21.1 Å². The van der Waals surface area contributed by atoms with Crippen LogP contribution in [0.5, 0.6) is 11.5 Å². The normalized spacial score (nSPS) is 12.0. The summed E-state index contributed by atoms with van der Waals surface area (Å²) in [6.45, 7) is 5.94. The lowest BCUT2D eigenvalue weighted by Gasteiger charge is -2.18. The van der Waals surface area contributed by atoms with Crippen LogP contribution in [0.2, 0.25) is 5.02 Å². The molecule has 0 amide bonds. The average Bonchev–Trinajstić information content (AvgIpc) is 2.35. The number of methoxy groups -OCH3 is 2. The summed E-state index contributed by atoms with van der Waals surface area (Å²) in [6, 6.07) is 3.76. The molecule has 0 fully saturated rings. The van der Waals surface area contributed by atoms with Gasteiger partial charge in [0.05, 0.1) is 19.2 Å². The maximum Gasteiger partial charge on any atom is 0.138 e. The summed E-state index contributed by atoms with van der Waals surface area (Å²) in [5.74, 6) is 1.88. The van der Waals surface area contributed by atoms with Crippen LogP contribution in [-0.4, -0.2) is 14.2 Å². The lowest BCUT2D eigenvalue weighted by molar-refractivity contribution is 0.394.